The third-order valence-corrected chi connectivity index (χ3v) is 3.55. The highest BCUT2D eigenvalue weighted by Crippen LogP contribution is 2.21. The lowest BCUT2D eigenvalue weighted by atomic mass is 10.0. The number of carbonyl (C=O) groups excluding carboxylic acids is 1. The van der Waals surface area contributed by atoms with Crippen molar-refractivity contribution in [2.24, 2.45) is 0 Å². The number of halogens is 1. The van der Waals surface area contributed by atoms with Crippen molar-refractivity contribution in [2.45, 2.75) is 6.92 Å². The molecular weight excluding hydrogens is 284 g/mol. The first-order chi connectivity index (χ1) is 10.1. The molecule has 4 heteroatoms. The van der Waals surface area contributed by atoms with Crippen LogP contribution in [-0.4, -0.2) is 15.6 Å². The third kappa shape index (κ3) is 2.73. The van der Waals surface area contributed by atoms with Gasteiger partial charge in [0, 0.05) is 11.8 Å². The summed E-state index contributed by atoms with van der Waals surface area (Å²) >= 11 is 6.15. The second kappa shape index (κ2) is 5.54. The van der Waals surface area contributed by atoms with Gasteiger partial charge in [0.15, 0.2) is 5.78 Å². The van der Waals surface area contributed by atoms with Crippen molar-refractivity contribution in [3.05, 3.63) is 82.6 Å². The molecule has 0 atom stereocenters. The van der Waals surface area contributed by atoms with Crippen molar-refractivity contribution in [1.29, 1.82) is 0 Å². The third-order valence-electron chi connectivity index (χ3n) is 3.23. The van der Waals surface area contributed by atoms with E-state index in [4.69, 9.17) is 11.6 Å². The van der Waals surface area contributed by atoms with Gasteiger partial charge in [0.25, 0.3) is 0 Å². The Morgan fingerprint density at radius 2 is 1.90 bits per heavy atom. The molecule has 21 heavy (non-hydrogen) atoms. The van der Waals surface area contributed by atoms with Gasteiger partial charge in [-0.2, -0.15) is 5.10 Å². The summed E-state index contributed by atoms with van der Waals surface area (Å²) in [5, 5.41) is 4.70. The Balaban J connectivity index is 1.94. The fraction of sp³-hybridized carbons (Fsp3) is 0.0588. The zero-order valence-corrected chi connectivity index (χ0v) is 12.2. The first-order valence-electron chi connectivity index (χ1n) is 6.56. The van der Waals surface area contributed by atoms with Crippen molar-refractivity contribution >= 4 is 17.4 Å². The molecule has 104 valence electrons. The molecule has 3 nitrogen and oxygen atoms in total. The fourth-order valence-corrected chi connectivity index (χ4v) is 2.44. The zero-order chi connectivity index (χ0) is 14.8. The van der Waals surface area contributed by atoms with Crippen LogP contribution >= 0.6 is 11.6 Å². The summed E-state index contributed by atoms with van der Waals surface area (Å²) in [6.07, 6.45) is 3.28. The van der Waals surface area contributed by atoms with E-state index in [2.05, 4.69) is 5.10 Å². The van der Waals surface area contributed by atoms with Gasteiger partial charge in [-0.05, 0) is 36.8 Å². The van der Waals surface area contributed by atoms with Gasteiger partial charge in [-0.25, -0.2) is 4.68 Å². The standard InChI is InChI=1S/C17H13ClN2O/c1-12-7-8-15(16(18)9-12)17(21)13-10-19-20(11-13)14-5-3-2-4-6-14/h2-11H,1H3. The number of aromatic nitrogens is 2. The molecule has 1 aromatic heterocycles. The minimum atomic E-state index is -0.123. The highest BCUT2D eigenvalue weighted by Gasteiger charge is 2.15. The smallest absolute Gasteiger partial charge is 0.197 e. The van der Waals surface area contributed by atoms with E-state index in [1.54, 1.807) is 29.2 Å². The van der Waals surface area contributed by atoms with Crippen LogP contribution in [0.15, 0.2) is 60.9 Å². The van der Waals surface area contributed by atoms with E-state index in [0.717, 1.165) is 11.3 Å². The normalized spacial score (nSPS) is 10.6. The first-order valence-corrected chi connectivity index (χ1v) is 6.94. The minimum Gasteiger partial charge on any atom is -0.288 e. The minimum absolute atomic E-state index is 0.123. The maximum absolute atomic E-state index is 12.5. The summed E-state index contributed by atoms with van der Waals surface area (Å²) < 4.78 is 1.68. The number of nitrogens with zero attached hydrogens (tertiary/aromatic N) is 2. The molecule has 0 aliphatic carbocycles. The van der Waals surface area contributed by atoms with E-state index in [0.29, 0.717) is 16.1 Å². The maximum Gasteiger partial charge on any atom is 0.197 e. The molecule has 1 heterocycles. The van der Waals surface area contributed by atoms with Gasteiger partial charge in [-0.15, -0.1) is 0 Å². The topological polar surface area (TPSA) is 34.9 Å². The molecule has 0 unspecified atom stereocenters. The van der Waals surface area contributed by atoms with Crippen LogP contribution in [-0.2, 0) is 0 Å². The van der Waals surface area contributed by atoms with Gasteiger partial charge in [0.05, 0.1) is 22.5 Å². The largest absolute Gasteiger partial charge is 0.288 e. The Morgan fingerprint density at radius 1 is 1.14 bits per heavy atom. The van der Waals surface area contributed by atoms with Gasteiger partial charge < -0.3 is 0 Å². The van der Waals surface area contributed by atoms with Crippen LogP contribution in [0.4, 0.5) is 0 Å². The average Bonchev–Trinajstić information content (AvgIpc) is 2.97. The molecule has 3 aromatic rings. The van der Waals surface area contributed by atoms with Crippen molar-refractivity contribution in [1.82, 2.24) is 9.78 Å². The van der Waals surface area contributed by atoms with Crippen LogP contribution in [0.5, 0.6) is 0 Å². The predicted octanol–water partition coefficient (Wildman–Crippen LogP) is 4.07. The summed E-state index contributed by atoms with van der Waals surface area (Å²) in [5.41, 5.74) is 2.95. The Kier molecular flexibility index (Phi) is 3.59. The first kappa shape index (κ1) is 13.6. The lowest BCUT2D eigenvalue weighted by Gasteiger charge is -2.03. The van der Waals surface area contributed by atoms with E-state index in [9.17, 15) is 4.79 Å². The Bertz CT molecular complexity index is 794. The van der Waals surface area contributed by atoms with Crippen molar-refractivity contribution in [3.63, 3.8) is 0 Å². The summed E-state index contributed by atoms with van der Waals surface area (Å²) in [7, 11) is 0. The van der Waals surface area contributed by atoms with Gasteiger partial charge in [-0.3, -0.25) is 4.79 Å². The van der Waals surface area contributed by atoms with Crippen molar-refractivity contribution in [3.8, 4) is 5.69 Å². The molecule has 0 saturated carbocycles. The number of benzene rings is 2. The molecule has 3 rings (SSSR count). The van der Waals surface area contributed by atoms with E-state index in [1.807, 2.05) is 43.3 Å². The Morgan fingerprint density at radius 3 is 2.62 bits per heavy atom. The molecule has 0 amide bonds. The molecule has 0 bridgehead atoms. The van der Waals surface area contributed by atoms with Gasteiger partial charge >= 0.3 is 0 Å². The number of hydrogen-bond acceptors (Lipinski definition) is 2. The van der Waals surface area contributed by atoms with E-state index < -0.39 is 0 Å². The van der Waals surface area contributed by atoms with Crippen molar-refractivity contribution < 1.29 is 4.79 Å². The number of ketones is 1. The number of hydrogen-bond donors (Lipinski definition) is 0. The monoisotopic (exact) mass is 296 g/mol. The second-order valence-corrected chi connectivity index (χ2v) is 5.23. The molecular formula is C17H13ClN2O. The van der Waals surface area contributed by atoms with E-state index in [1.165, 1.54) is 0 Å². The summed E-state index contributed by atoms with van der Waals surface area (Å²) in [4.78, 5) is 12.5. The second-order valence-electron chi connectivity index (χ2n) is 4.82. The van der Waals surface area contributed by atoms with Gasteiger partial charge in [0.1, 0.15) is 0 Å². The van der Waals surface area contributed by atoms with Crippen LogP contribution in [0.2, 0.25) is 5.02 Å². The van der Waals surface area contributed by atoms with E-state index in [-0.39, 0.29) is 5.78 Å². The Labute approximate surface area is 127 Å². The van der Waals surface area contributed by atoms with Crippen LogP contribution in [0.25, 0.3) is 5.69 Å². The lowest BCUT2D eigenvalue weighted by molar-refractivity contribution is 0.103. The molecule has 0 radical (unpaired) electrons. The van der Waals surface area contributed by atoms with Crippen LogP contribution in [0.3, 0.4) is 0 Å². The molecule has 0 fully saturated rings. The highest BCUT2D eigenvalue weighted by atomic mass is 35.5. The number of rotatable bonds is 3. The summed E-state index contributed by atoms with van der Waals surface area (Å²) in [5.74, 6) is -0.123. The SMILES string of the molecule is Cc1ccc(C(=O)c2cnn(-c3ccccc3)c2)c(Cl)c1. The quantitative estimate of drug-likeness (QED) is 0.683. The Hall–Kier alpha value is -2.39. The van der Waals surface area contributed by atoms with Crippen molar-refractivity contribution in [2.75, 3.05) is 0 Å². The molecule has 0 aliphatic rings. The van der Waals surface area contributed by atoms with Gasteiger partial charge in [-0.1, -0.05) is 35.9 Å². The average molecular weight is 297 g/mol. The predicted molar refractivity (Wildman–Crippen MR) is 83.2 cm³/mol. The number of carbonyl (C=O) groups is 1. The summed E-state index contributed by atoms with van der Waals surface area (Å²) in [6, 6.07) is 15.1. The highest BCUT2D eigenvalue weighted by molar-refractivity contribution is 6.35. The molecule has 0 spiro atoms. The van der Waals surface area contributed by atoms with Crippen LogP contribution in [0, 0.1) is 6.92 Å². The summed E-state index contributed by atoms with van der Waals surface area (Å²) in [6.45, 7) is 1.94. The number of para-hydroxylation sites is 1. The van der Waals surface area contributed by atoms with Gasteiger partial charge in [0.2, 0.25) is 0 Å². The lowest BCUT2D eigenvalue weighted by Crippen LogP contribution is -2.01. The molecule has 0 N–H and O–H groups in total. The maximum atomic E-state index is 12.5. The molecule has 0 aliphatic heterocycles. The van der Waals surface area contributed by atoms with Crippen LogP contribution in [0.1, 0.15) is 21.5 Å². The molecule has 0 saturated heterocycles. The number of aryl methyl sites for hydroxylation is 1. The molecule has 2 aromatic carbocycles. The van der Waals surface area contributed by atoms with E-state index >= 15 is 0 Å². The van der Waals surface area contributed by atoms with Crippen LogP contribution < -0.4 is 0 Å². The zero-order valence-electron chi connectivity index (χ0n) is 11.5. The fourth-order valence-electron chi connectivity index (χ4n) is 2.12.